The summed E-state index contributed by atoms with van der Waals surface area (Å²) in [5, 5.41) is 0. The SMILES string of the molecule is CC(=O)N1CCN(c2ccc(N3Cc4ccccc4C3)cc2)CC1. The molecule has 1 fully saturated rings. The van der Waals surface area contributed by atoms with Gasteiger partial charge in [-0.05, 0) is 35.4 Å². The normalized spacial score (nSPS) is 17.1. The zero-order chi connectivity index (χ0) is 16.5. The van der Waals surface area contributed by atoms with E-state index in [0.717, 1.165) is 39.3 Å². The molecular formula is C20H23N3O. The first kappa shape index (κ1) is 15.1. The van der Waals surface area contributed by atoms with Gasteiger partial charge in [0.15, 0.2) is 0 Å². The number of amides is 1. The van der Waals surface area contributed by atoms with E-state index < -0.39 is 0 Å². The summed E-state index contributed by atoms with van der Waals surface area (Å²) in [5.41, 5.74) is 5.39. The van der Waals surface area contributed by atoms with Gasteiger partial charge in [-0.3, -0.25) is 4.79 Å². The number of rotatable bonds is 2. The maximum atomic E-state index is 11.4. The molecule has 0 saturated carbocycles. The molecule has 0 aromatic heterocycles. The molecule has 2 aliphatic rings. The third kappa shape index (κ3) is 2.84. The Kier molecular flexibility index (Phi) is 3.89. The predicted octanol–water partition coefficient (Wildman–Crippen LogP) is 2.88. The Hall–Kier alpha value is -2.49. The second-order valence-corrected chi connectivity index (χ2v) is 6.63. The van der Waals surface area contributed by atoms with Gasteiger partial charge in [-0.2, -0.15) is 0 Å². The molecule has 0 unspecified atom stereocenters. The van der Waals surface area contributed by atoms with Crippen LogP contribution in [0.4, 0.5) is 11.4 Å². The highest BCUT2D eigenvalue weighted by atomic mass is 16.2. The van der Waals surface area contributed by atoms with Gasteiger partial charge in [0, 0.05) is 57.6 Å². The van der Waals surface area contributed by atoms with Gasteiger partial charge in [0.2, 0.25) is 5.91 Å². The quantitative estimate of drug-likeness (QED) is 0.851. The van der Waals surface area contributed by atoms with E-state index in [4.69, 9.17) is 0 Å². The van der Waals surface area contributed by atoms with Crippen LogP contribution in [0.2, 0.25) is 0 Å². The van der Waals surface area contributed by atoms with Crippen LogP contribution in [-0.4, -0.2) is 37.0 Å². The molecule has 1 saturated heterocycles. The van der Waals surface area contributed by atoms with Gasteiger partial charge < -0.3 is 14.7 Å². The Morgan fingerprint density at radius 1 is 0.750 bits per heavy atom. The van der Waals surface area contributed by atoms with Crippen LogP contribution in [0.15, 0.2) is 48.5 Å². The highest BCUT2D eigenvalue weighted by Crippen LogP contribution is 2.29. The van der Waals surface area contributed by atoms with E-state index in [1.54, 1.807) is 6.92 Å². The fourth-order valence-electron chi connectivity index (χ4n) is 3.67. The topological polar surface area (TPSA) is 26.8 Å². The monoisotopic (exact) mass is 321 g/mol. The van der Waals surface area contributed by atoms with Crippen LogP contribution in [-0.2, 0) is 17.9 Å². The van der Waals surface area contributed by atoms with Gasteiger partial charge >= 0.3 is 0 Å². The molecule has 0 spiro atoms. The van der Waals surface area contributed by atoms with Crippen molar-refractivity contribution >= 4 is 17.3 Å². The van der Waals surface area contributed by atoms with Gasteiger partial charge in [0.25, 0.3) is 0 Å². The third-order valence-corrected chi connectivity index (χ3v) is 5.15. The third-order valence-electron chi connectivity index (χ3n) is 5.15. The lowest BCUT2D eigenvalue weighted by Crippen LogP contribution is -2.48. The summed E-state index contributed by atoms with van der Waals surface area (Å²) in [7, 11) is 0. The number of hydrogen-bond acceptors (Lipinski definition) is 3. The maximum Gasteiger partial charge on any atom is 0.219 e. The van der Waals surface area contributed by atoms with Crippen LogP contribution in [0.25, 0.3) is 0 Å². The van der Waals surface area contributed by atoms with E-state index in [-0.39, 0.29) is 5.91 Å². The lowest BCUT2D eigenvalue weighted by Gasteiger charge is -2.35. The van der Waals surface area contributed by atoms with Crippen LogP contribution in [0, 0.1) is 0 Å². The fraction of sp³-hybridized carbons (Fsp3) is 0.350. The van der Waals surface area contributed by atoms with Crippen LogP contribution >= 0.6 is 0 Å². The van der Waals surface area contributed by atoms with Crippen LogP contribution in [0.5, 0.6) is 0 Å². The van der Waals surface area contributed by atoms with E-state index in [2.05, 4.69) is 58.3 Å². The molecule has 24 heavy (non-hydrogen) atoms. The van der Waals surface area contributed by atoms with Crippen molar-refractivity contribution in [3.63, 3.8) is 0 Å². The molecule has 2 aromatic carbocycles. The maximum absolute atomic E-state index is 11.4. The number of piperazine rings is 1. The molecule has 0 radical (unpaired) electrons. The van der Waals surface area contributed by atoms with Gasteiger partial charge in [0.1, 0.15) is 0 Å². The molecule has 2 heterocycles. The summed E-state index contributed by atoms with van der Waals surface area (Å²) < 4.78 is 0. The van der Waals surface area contributed by atoms with Crippen LogP contribution < -0.4 is 9.80 Å². The van der Waals surface area contributed by atoms with E-state index in [1.807, 2.05) is 4.90 Å². The standard InChI is InChI=1S/C20H23N3O/c1-16(24)21-10-12-22(13-11-21)19-6-8-20(9-7-19)23-14-17-4-2-3-5-18(17)15-23/h2-9H,10-15H2,1H3. The van der Waals surface area contributed by atoms with Crippen molar-refractivity contribution in [1.29, 1.82) is 0 Å². The zero-order valence-corrected chi connectivity index (χ0v) is 14.1. The van der Waals surface area contributed by atoms with Crippen LogP contribution in [0.1, 0.15) is 18.1 Å². The number of benzene rings is 2. The fourth-order valence-corrected chi connectivity index (χ4v) is 3.67. The molecule has 4 nitrogen and oxygen atoms in total. The average Bonchev–Trinajstić information content (AvgIpc) is 3.06. The summed E-state index contributed by atoms with van der Waals surface area (Å²) >= 11 is 0. The van der Waals surface area contributed by atoms with Gasteiger partial charge in [0.05, 0.1) is 0 Å². The first-order chi connectivity index (χ1) is 11.7. The summed E-state index contributed by atoms with van der Waals surface area (Å²) in [6.07, 6.45) is 0. The second-order valence-electron chi connectivity index (χ2n) is 6.63. The Labute approximate surface area is 143 Å². The van der Waals surface area contributed by atoms with Gasteiger partial charge in [-0.15, -0.1) is 0 Å². The second kappa shape index (κ2) is 6.19. The Bertz CT molecular complexity index is 708. The molecule has 0 N–H and O–H groups in total. The molecule has 4 rings (SSSR count). The number of fused-ring (bicyclic) bond motifs is 1. The van der Waals surface area contributed by atoms with E-state index in [1.165, 1.54) is 22.5 Å². The van der Waals surface area contributed by atoms with Crippen LogP contribution in [0.3, 0.4) is 0 Å². The molecule has 1 amide bonds. The molecule has 0 bridgehead atoms. The van der Waals surface area contributed by atoms with E-state index in [9.17, 15) is 4.79 Å². The number of anilines is 2. The predicted molar refractivity (Wildman–Crippen MR) is 97.2 cm³/mol. The van der Waals surface area contributed by atoms with Crippen molar-refractivity contribution in [2.24, 2.45) is 0 Å². The molecule has 124 valence electrons. The summed E-state index contributed by atoms with van der Waals surface area (Å²) in [6, 6.07) is 17.5. The molecule has 2 aliphatic heterocycles. The largest absolute Gasteiger partial charge is 0.368 e. The first-order valence-electron chi connectivity index (χ1n) is 8.63. The van der Waals surface area contributed by atoms with E-state index in [0.29, 0.717) is 0 Å². The highest BCUT2D eigenvalue weighted by Gasteiger charge is 2.20. The lowest BCUT2D eigenvalue weighted by molar-refractivity contribution is -0.129. The lowest BCUT2D eigenvalue weighted by atomic mass is 10.1. The molecule has 0 aliphatic carbocycles. The number of hydrogen-bond donors (Lipinski definition) is 0. The van der Waals surface area contributed by atoms with Crippen molar-refractivity contribution in [3.8, 4) is 0 Å². The zero-order valence-electron chi connectivity index (χ0n) is 14.1. The number of carbonyl (C=O) groups excluding carboxylic acids is 1. The minimum Gasteiger partial charge on any atom is -0.368 e. The Morgan fingerprint density at radius 3 is 1.75 bits per heavy atom. The molecular weight excluding hydrogens is 298 g/mol. The van der Waals surface area contributed by atoms with Crippen molar-refractivity contribution in [2.75, 3.05) is 36.0 Å². The highest BCUT2D eigenvalue weighted by molar-refractivity contribution is 5.73. The smallest absolute Gasteiger partial charge is 0.219 e. The minimum atomic E-state index is 0.179. The Morgan fingerprint density at radius 2 is 1.25 bits per heavy atom. The average molecular weight is 321 g/mol. The summed E-state index contributed by atoms with van der Waals surface area (Å²) in [4.78, 5) is 18.1. The summed E-state index contributed by atoms with van der Waals surface area (Å²) in [6.45, 7) is 7.09. The van der Waals surface area contributed by atoms with E-state index >= 15 is 0 Å². The minimum absolute atomic E-state index is 0.179. The van der Waals surface area contributed by atoms with Crippen molar-refractivity contribution in [1.82, 2.24) is 4.90 Å². The first-order valence-corrected chi connectivity index (χ1v) is 8.63. The summed E-state index contributed by atoms with van der Waals surface area (Å²) in [5.74, 6) is 0.179. The van der Waals surface area contributed by atoms with Crippen molar-refractivity contribution in [2.45, 2.75) is 20.0 Å². The number of nitrogens with zero attached hydrogens (tertiary/aromatic N) is 3. The Balaban J connectivity index is 1.42. The van der Waals surface area contributed by atoms with Gasteiger partial charge in [-0.25, -0.2) is 0 Å². The molecule has 4 heteroatoms. The van der Waals surface area contributed by atoms with Crippen molar-refractivity contribution in [3.05, 3.63) is 59.7 Å². The number of carbonyl (C=O) groups is 1. The molecule has 0 atom stereocenters. The molecule has 2 aromatic rings. The van der Waals surface area contributed by atoms with Gasteiger partial charge in [-0.1, -0.05) is 24.3 Å². The van der Waals surface area contributed by atoms with Crippen molar-refractivity contribution < 1.29 is 4.79 Å².